The first kappa shape index (κ1) is 15.6. The molecule has 3 rings (SSSR count). The first-order valence-electron chi connectivity index (χ1n) is 8.03. The van der Waals surface area contributed by atoms with Gasteiger partial charge in [0.05, 0.1) is 0 Å². The fraction of sp³-hybridized carbons (Fsp3) is 0.529. The minimum absolute atomic E-state index is 0.0241. The summed E-state index contributed by atoms with van der Waals surface area (Å²) in [4.78, 5) is 25.6. The van der Waals surface area contributed by atoms with Crippen LogP contribution in [0.25, 0.3) is 0 Å². The molecule has 0 bridgehead atoms. The van der Waals surface area contributed by atoms with Crippen molar-refractivity contribution in [2.45, 2.75) is 44.9 Å². The molecule has 2 heterocycles. The average molecular weight is 318 g/mol. The van der Waals surface area contributed by atoms with Crippen molar-refractivity contribution in [1.29, 1.82) is 0 Å². The first-order chi connectivity index (χ1) is 11.0. The molecular weight excluding hydrogens is 296 g/mol. The lowest BCUT2D eigenvalue weighted by Gasteiger charge is -2.37. The van der Waals surface area contributed by atoms with Gasteiger partial charge in [0.15, 0.2) is 11.5 Å². The normalized spacial score (nSPS) is 24.2. The third-order valence-electron chi connectivity index (χ3n) is 4.30. The molecular formula is C17H22N2O4. The number of nitrogens with zero attached hydrogens (tertiary/aromatic N) is 1. The number of likely N-dealkylation sites (tertiary alicyclic amines) is 1. The van der Waals surface area contributed by atoms with Gasteiger partial charge in [0.25, 0.3) is 5.91 Å². The zero-order valence-electron chi connectivity index (χ0n) is 13.5. The van der Waals surface area contributed by atoms with Gasteiger partial charge in [-0.05, 0) is 31.9 Å². The zero-order chi connectivity index (χ0) is 16.4. The Labute approximate surface area is 135 Å². The molecule has 1 aromatic carbocycles. The third-order valence-corrected chi connectivity index (χ3v) is 4.30. The highest BCUT2D eigenvalue weighted by Gasteiger charge is 2.37. The molecule has 124 valence electrons. The largest absolute Gasteiger partial charge is 0.482 e. The summed E-state index contributed by atoms with van der Waals surface area (Å²) in [6.45, 7) is 4.61. The van der Waals surface area contributed by atoms with Crippen molar-refractivity contribution in [3.05, 3.63) is 24.3 Å². The summed E-state index contributed by atoms with van der Waals surface area (Å²) in [7, 11) is 0. The lowest BCUT2D eigenvalue weighted by molar-refractivity contribution is -0.145. The molecule has 6 heteroatoms. The molecule has 2 atom stereocenters. The monoisotopic (exact) mass is 318 g/mol. The number of rotatable bonds is 2. The van der Waals surface area contributed by atoms with Gasteiger partial charge in [-0.1, -0.05) is 12.1 Å². The van der Waals surface area contributed by atoms with Crippen LogP contribution in [-0.4, -0.2) is 48.1 Å². The van der Waals surface area contributed by atoms with E-state index in [0.717, 1.165) is 12.8 Å². The highest BCUT2D eigenvalue weighted by atomic mass is 16.6. The van der Waals surface area contributed by atoms with Crippen LogP contribution in [0.5, 0.6) is 11.5 Å². The van der Waals surface area contributed by atoms with E-state index in [1.165, 1.54) is 6.92 Å². The Hall–Kier alpha value is -2.24. The standard InChI is InChI=1S/C17H22N2O4/c1-11-16(23-15-6-4-3-5-14(15)22-11)17(21)19-9-7-13(8-10-19)18-12(2)20/h3-6,11,13,16H,7-10H2,1-2H3,(H,18,20)/t11-,16+/m0/s1. The smallest absolute Gasteiger partial charge is 0.267 e. The van der Waals surface area contributed by atoms with Gasteiger partial charge in [-0.2, -0.15) is 0 Å². The van der Waals surface area contributed by atoms with Crippen LogP contribution in [0.3, 0.4) is 0 Å². The van der Waals surface area contributed by atoms with E-state index < -0.39 is 6.10 Å². The second-order valence-corrected chi connectivity index (χ2v) is 6.11. The minimum atomic E-state index is -0.623. The fourth-order valence-corrected chi connectivity index (χ4v) is 3.10. The molecule has 2 aliphatic heterocycles. The lowest BCUT2D eigenvalue weighted by Crippen LogP contribution is -2.54. The van der Waals surface area contributed by atoms with Crippen molar-refractivity contribution >= 4 is 11.8 Å². The van der Waals surface area contributed by atoms with Crippen molar-refractivity contribution in [3.8, 4) is 11.5 Å². The van der Waals surface area contributed by atoms with Gasteiger partial charge in [-0.3, -0.25) is 9.59 Å². The summed E-state index contributed by atoms with van der Waals surface area (Å²) in [5.74, 6) is 1.21. The Morgan fingerprint density at radius 3 is 2.35 bits per heavy atom. The predicted molar refractivity (Wildman–Crippen MR) is 84.4 cm³/mol. The SMILES string of the molecule is CC(=O)NC1CCN(C(=O)[C@@H]2Oc3ccccc3O[C@H]2C)CC1. The van der Waals surface area contributed by atoms with Gasteiger partial charge >= 0.3 is 0 Å². The second kappa shape index (κ2) is 6.48. The van der Waals surface area contributed by atoms with Crippen molar-refractivity contribution < 1.29 is 19.1 Å². The van der Waals surface area contributed by atoms with E-state index in [0.29, 0.717) is 24.6 Å². The van der Waals surface area contributed by atoms with E-state index in [1.807, 2.05) is 31.2 Å². The van der Waals surface area contributed by atoms with Crippen molar-refractivity contribution in [2.24, 2.45) is 0 Å². The van der Waals surface area contributed by atoms with Crippen LogP contribution in [0.2, 0.25) is 0 Å². The van der Waals surface area contributed by atoms with Crippen LogP contribution in [0.4, 0.5) is 0 Å². The van der Waals surface area contributed by atoms with E-state index in [2.05, 4.69) is 5.32 Å². The summed E-state index contributed by atoms with van der Waals surface area (Å²) >= 11 is 0. The molecule has 1 saturated heterocycles. The number of para-hydroxylation sites is 2. The number of benzene rings is 1. The number of hydrogen-bond donors (Lipinski definition) is 1. The van der Waals surface area contributed by atoms with Gasteiger partial charge in [0.1, 0.15) is 6.10 Å². The van der Waals surface area contributed by atoms with Gasteiger partial charge in [0, 0.05) is 26.1 Å². The van der Waals surface area contributed by atoms with Crippen LogP contribution < -0.4 is 14.8 Å². The van der Waals surface area contributed by atoms with Crippen molar-refractivity contribution in [2.75, 3.05) is 13.1 Å². The van der Waals surface area contributed by atoms with Crippen LogP contribution in [0.1, 0.15) is 26.7 Å². The maximum absolute atomic E-state index is 12.7. The molecule has 1 fully saturated rings. The Balaban J connectivity index is 1.62. The quantitative estimate of drug-likeness (QED) is 0.893. The molecule has 0 unspecified atom stereocenters. The summed E-state index contributed by atoms with van der Waals surface area (Å²) < 4.78 is 11.7. The molecule has 0 spiro atoms. The molecule has 6 nitrogen and oxygen atoms in total. The maximum atomic E-state index is 12.7. The zero-order valence-corrected chi connectivity index (χ0v) is 13.5. The topological polar surface area (TPSA) is 67.9 Å². The van der Waals surface area contributed by atoms with E-state index in [-0.39, 0.29) is 24.0 Å². The number of fused-ring (bicyclic) bond motifs is 1. The van der Waals surface area contributed by atoms with Crippen LogP contribution >= 0.6 is 0 Å². The maximum Gasteiger partial charge on any atom is 0.267 e. The van der Waals surface area contributed by atoms with E-state index in [9.17, 15) is 9.59 Å². The summed E-state index contributed by atoms with van der Waals surface area (Å²) in [6, 6.07) is 7.54. The van der Waals surface area contributed by atoms with E-state index in [4.69, 9.17) is 9.47 Å². The predicted octanol–water partition coefficient (Wildman–Crippen LogP) is 1.34. The first-order valence-corrected chi connectivity index (χ1v) is 8.03. The van der Waals surface area contributed by atoms with Gasteiger partial charge < -0.3 is 19.7 Å². The van der Waals surface area contributed by atoms with Crippen LogP contribution in [-0.2, 0) is 9.59 Å². The molecule has 1 aromatic rings. The Kier molecular flexibility index (Phi) is 4.41. The molecule has 23 heavy (non-hydrogen) atoms. The van der Waals surface area contributed by atoms with Crippen molar-refractivity contribution in [1.82, 2.24) is 10.2 Å². The lowest BCUT2D eigenvalue weighted by atomic mass is 10.0. The molecule has 1 N–H and O–H groups in total. The number of carbonyl (C=O) groups excluding carboxylic acids is 2. The third kappa shape index (κ3) is 3.41. The fourth-order valence-electron chi connectivity index (χ4n) is 3.10. The summed E-state index contributed by atoms with van der Waals surface area (Å²) in [6.07, 6.45) is 0.584. The van der Waals surface area contributed by atoms with E-state index >= 15 is 0 Å². The Bertz CT molecular complexity index is 596. The highest BCUT2D eigenvalue weighted by Crippen LogP contribution is 2.34. The Morgan fingerprint density at radius 2 is 1.74 bits per heavy atom. The number of nitrogens with one attached hydrogen (secondary N) is 1. The van der Waals surface area contributed by atoms with Crippen LogP contribution in [0.15, 0.2) is 24.3 Å². The summed E-state index contributed by atoms with van der Waals surface area (Å²) in [5.41, 5.74) is 0. The number of carbonyl (C=O) groups is 2. The number of amides is 2. The highest BCUT2D eigenvalue weighted by molar-refractivity contribution is 5.82. The number of hydrogen-bond acceptors (Lipinski definition) is 4. The molecule has 0 aromatic heterocycles. The molecule has 2 amide bonds. The van der Waals surface area contributed by atoms with Crippen LogP contribution in [0, 0.1) is 0 Å². The average Bonchev–Trinajstić information content (AvgIpc) is 2.54. The molecule has 0 saturated carbocycles. The van der Waals surface area contributed by atoms with Gasteiger partial charge in [-0.25, -0.2) is 0 Å². The number of piperidine rings is 1. The minimum Gasteiger partial charge on any atom is -0.482 e. The molecule has 0 aliphatic carbocycles. The van der Waals surface area contributed by atoms with Gasteiger partial charge in [0.2, 0.25) is 12.0 Å². The second-order valence-electron chi connectivity index (χ2n) is 6.11. The Morgan fingerprint density at radius 1 is 1.13 bits per heavy atom. The molecule has 0 radical (unpaired) electrons. The van der Waals surface area contributed by atoms with Crippen molar-refractivity contribution in [3.63, 3.8) is 0 Å². The molecule has 2 aliphatic rings. The van der Waals surface area contributed by atoms with E-state index in [1.54, 1.807) is 4.90 Å². The van der Waals surface area contributed by atoms with Gasteiger partial charge in [-0.15, -0.1) is 0 Å². The number of ether oxygens (including phenoxy) is 2. The summed E-state index contributed by atoms with van der Waals surface area (Å²) in [5, 5.41) is 2.91.